The summed E-state index contributed by atoms with van der Waals surface area (Å²) < 4.78 is 5.92. The molecule has 1 fully saturated rings. The molecule has 1 rings (SSSR count). The van der Waals surface area contributed by atoms with Gasteiger partial charge in [-0.25, -0.2) is 0 Å². The van der Waals surface area contributed by atoms with Crippen LogP contribution in [0.1, 0.15) is 40.5 Å². The molecule has 0 aromatic carbocycles. The predicted octanol–water partition coefficient (Wildman–Crippen LogP) is 3.53. The highest BCUT2D eigenvalue weighted by Gasteiger charge is 2.37. The van der Waals surface area contributed by atoms with Crippen LogP contribution in [-0.2, 0) is 9.53 Å². The highest BCUT2D eigenvalue weighted by molar-refractivity contribution is 5.91. The van der Waals surface area contributed by atoms with Crippen LogP contribution < -0.4 is 0 Å². The van der Waals surface area contributed by atoms with Gasteiger partial charge >= 0.3 is 0 Å². The van der Waals surface area contributed by atoms with Crippen LogP contribution >= 0.6 is 0 Å². The van der Waals surface area contributed by atoms with Gasteiger partial charge in [-0.15, -0.1) is 6.58 Å². The SMILES string of the molecule is C=C[C@@]1(C)CC[C@@H]([C@H](C)C(=O)/C=C/C(C)C)O1. The third kappa shape index (κ3) is 3.81. The first-order valence-corrected chi connectivity index (χ1v) is 6.41. The largest absolute Gasteiger partial charge is 0.367 e. The van der Waals surface area contributed by atoms with Gasteiger partial charge in [0, 0.05) is 5.92 Å². The summed E-state index contributed by atoms with van der Waals surface area (Å²) in [6, 6.07) is 0. The van der Waals surface area contributed by atoms with Crippen molar-refractivity contribution in [3.63, 3.8) is 0 Å². The van der Waals surface area contributed by atoms with E-state index in [4.69, 9.17) is 4.74 Å². The minimum absolute atomic E-state index is 0.0299. The third-order valence-corrected chi connectivity index (χ3v) is 3.43. The van der Waals surface area contributed by atoms with E-state index < -0.39 is 0 Å². The fourth-order valence-electron chi connectivity index (χ4n) is 2.02. The number of allylic oxidation sites excluding steroid dienone is 2. The van der Waals surface area contributed by atoms with Crippen molar-refractivity contribution in [1.82, 2.24) is 0 Å². The average Bonchev–Trinajstić information content (AvgIpc) is 2.68. The molecule has 0 spiro atoms. The number of carbonyl (C=O) groups excluding carboxylic acids is 1. The topological polar surface area (TPSA) is 26.3 Å². The Bertz CT molecular complexity index is 317. The zero-order chi connectivity index (χ0) is 13.1. The molecule has 0 radical (unpaired) electrons. The molecule has 0 amide bonds. The van der Waals surface area contributed by atoms with Gasteiger partial charge in [0.05, 0.1) is 11.7 Å². The van der Waals surface area contributed by atoms with Crippen molar-refractivity contribution in [2.24, 2.45) is 11.8 Å². The van der Waals surface area contributed by atoms with E-state index in [2.05, 4.69) is 20.4 Å². The third-order valence-electron chi connectivity index (χ3n) is 3.43. The summed E-state index contributed by atoms with van der Waals surface area (Å²) >= 11 is 0. The van der Waals surface area contributed by atoms with Crippen molar-refractivity contribution in [3.8, 4) is 0 Å². The minimum atomic E-state index is -0.249. The highest BCUT2D eigenvalue weighted by Crippen LogP contribution is 2.34. The van der Waals surface area contributed by atoms with E-state index in [1.165, 1.54) is 0 Å². The lowest BCUT2D eigenvalue weighted by atomic mass is 9.95. The number of ketones is 1. The van der Waals surface area contributed by atoms with Crippen LogP contribution in [0.15, 0.2) is 24.8 Å². The molecule has 0 aromatic rings. The summed E-state index contributed by atoms with van der Waals surface area (Å²) in [5, 5.41) is 0. The Balaban J connectivity index is 2.57. The lowest BCUT2D eigenvalue weighted by molar-refractivity contribution is -0.123. The molecule has 0 unspecified atom stereocenters. The summed E-state index contributed by atoms with van der Waals surface area (Å²) in [5.74, 6) is 0.512. The van der Waals surface area contributed by atoms with Crippen LogP contribution in [0.4, 0.5) is 0 Å². The molecule has 0 N–H and O–H groups in total. The molecule has 0 saturated carbocycles. The van der Waals surface area contributed by atoms with E-state index >= 15 is 0 Å². The quantitative estimate of drug-likeness (QED) is 0.539. The van der Waals surface area contributed by atoms with Crippen molar-refractivity contribution >= 4 is 5.78 Å². The molecule has 1 aliphatic heterocycles. The Morgan fingerprint density at radius 3 is 2.59 bits per heavy atom. The number of rotatable bonds is 5. The molecular formula is C15H24O2. The first-order valence-electron chi connectivity index (χ1n) is 6.41. The molecular weight excluding hydrogens is 212 g/mol. The summed E-state index contributed by atoms with van der Waals surface area (Å²) in [4.78, 5) is 11.9. The Labute approximate surface area is 105 Å². The Morgan fingerprint density at radius 2 is 2.12 bits per heavy atom. The number of carbonyl (C=O) groups is 1. The van der Waals surface area contributed by atoms with Crippen LogP contribution in [0.2, 0.25) is 0 Å². The second-order valence-corrected chi connectivity index (χ2v) is 5.51. The molecule has 1 heterocycles. The van der Waals surface area contributed by atoms with Crippen LogP contribution in [0.5, 0.6) is 0 Å². The molecule has 1 aliphatic rings. The zero-order valence-electron chi connectivity index (χ0n) is 11.4. The van der Waals surface area contributed by atoms with Crippen LogP contribution in [-0.4, -0.2) is 17.5 Å². The van der Waals surface area contributed by atoms with Crippen molar-refractivity contribution in [1.29, 1.82) is 0 Å². The summed E-state index contributed by atoms with van der Waals surface area (Å²) in [6.07, 6.45) is 7.40. The van der Waals surface area contributed by atoms with Crippen LogP contribution in [0.25, 0.3) is 0 Å². The van der Waals surface area contributed by atoms with E-state index in [-0.39, 0.29) is 23.4 Å². The van der Waals surface area contributed by atoms with Gasteiger partial charge in [0.2, 0.25) is 0 Å². The van der Waals surface area contributed by atoms with E-state index in [0.29, 0.717) is 5.92 Å². The van der Waals surface area contributed by atoms with Gasteiger partial charge in [-0.05, 0) is 31.8 Å². The van der Waals surface area contributed by atoms with Gasteiger partial charge < -0.3 is 4.74 Å². The van der Waals surface area contributed by atoms with Crippen molar-refractivity contribution in [2.45, 2.75) is 52.2 Å². The lowest BCUT2D eigenvalue weighted by Gasteiger charge is -2.23. The molecule has 0 bridgehead atoms. The fourth-order valence-corrected chi connectivity index (χ4v) is 2.02. The zero-order valence-corrected chi connectivity index (χ0v) is 11.4. The maximum atomic E-state index is 11.9. The van der Waals surface area contributed by atoms with Gasteiger partial charge in [-0.1, -0.05) is 32.9 Å². The van der Waals surface area contributed by atoms with Crippen molar-refractivity contribution < 1.29 is 9.53 Å². The second-order valence-electron chi connectivity index (χ2n) is 5.51. The van der Waals surface area contributed by atoms with Crippen LogP contribution in [0.3, 0.4) is 0 Å². The van der Waals surface area contributed by atoms with Crippen molar-refractivity contribution in [2.75, 3.05) is 0 Å². The first-order chi connectivity index (χ1) is 7.88. The Hall–Kier alpha value is -0.890. The standard InChI is InChI=1S/C15H24O2/c1-6-15(5)10-9-14(17-15)12(4)13(16)8-7-11(2)3/h6-8,11-12,14H,1,9-10H2,2-5H3/b8-7+/t12-,14+,15+/m1/s1. The minimum Gasteiger partial charge on any atom is -0.367 e. The van der Waals surface area contributed by atoms with E-state index in [9.17, 15) is 4.79 Å². The number of hydrogen-bond acceptors (Lipinski definition) is 2. The second kappa shape index (κ2) is 5.63. The van der Waals surface area contributed by atoms with Gasteiger partial charge in [-0.3, -0.25) is 4.79 Å². The monoisotopic (exact) mass is 236 g/mol. The molecule has 0 aliphatic carbocycles. The number of ether oxygens (including phenoxy) is 1. The molecule has 2 nitrogen and oxygen atoms in total. The van der Waals surface area contributed by atoms with Crippen molar-refractivity contribution in [3.05, 3.63) is 24.8 Å². The summed E-state index contributed by atoms with van der Waals surface area (Å²) in [6.45, 7) is 11.9. The lowest BCUT2D eigenvalue weighted by Crippen LogP contribution is -2.28. The molecule has 1 saturated heterocycles. The van der Waals surface area contributed by atoms with Gasteiger partial charge in [0.1, 0.15) is 0 Å². The number of hydrogen-bond donors (Lipinski definition) is 0. The van der Waals surface area contributed by atoms with E-state index in [1.807, 2.05) is 26.0 Å². The maximum absolute atomic E-state index is 11.9. The van der Waals surface area contributed by atoms with E-state index in [1.54, 1.807) is 6.08 Å². The first kappa shape index (κ1) is 14.2. The summed E-state index contributed by atoms with van der Waals surface area (Å²) in [5.41, 5.74) is -0.249. The highest BCUT2D eigenvalue weighted by atomic mass is 16.5. The molecule has 96 valence electrons. The maximum Gasteiger partial charge on any atom is 0.160 e. The molecule has 17 heavy (non-hydrogen) atoms. The van der Waals surface area contributed by atoms with E-state index in [0.717, 1.165) is 12.8 Å². The van der Waals surface area contributed by atoms with Gasteiger partial charge in [0.15, 0.2) is 5.78 Å². The summed E-state index contributed by atoms with van der Waals surface area (Å²) in [7, 11) is 0. The smallest absolute Gasteiger partial charge is 0.160 e. The molecule has 0 aromatic heterocycles. The fraction of sp³-hybridized carbons (Fsp3) is 0.667. The molecule has 2 heteroatoms. The predicted molar refractivity (Wildman–Crippen MR) is 70.9 cm³/mol. The average molecular weight is 236 g/mol. The Morgan fingerprint density at radius 1 is 1.47 bits per heavy atom. The van der Waals surface area contributed by atoms with Gasteiger partial charge in [0.25, 0.3) is 0 Å². The van der Waals surface area contributed by atoms with Gasteiger partial charge in [-0.2, -0.15) is 0 Å². The van der Waals surface area contributed by atoms with Crippen LogP contribution in [0, 0.1) is 11.8 Å². The normalized spacial score (nSPS) is 31.0. The Kier molecular flexibility index (Phi) is 4.70. The molecule has 3 atom stereocenters.